The molecule has 0 amide bonds. The first-order valence-corrected chi connectivity index (χ1v) is 10.6. The summed E-state index contributed by atoms with van der Waals surface area (Å²) in [4.78, 5) is 11.1. The summed E-state index contributed by atoms with van der Waals surface area (Å²) in [5.41, 5.74) is -0.236. The molecule has 1 rings (SSSR count). The maximum atomic E-state index is 14.4. The number of alkyl halides is 1. The van der Waals surface area contributed by atoms with Crippen LogP contribution in [0.25, 0.3) is 0 Å². The third-order valence-electron chi connectivity index (χ3n) is 5.92. The summed E-state index contributed by atoms with van der Waals surface area (Å²) in [5, 5.41) is 20.8. The minimum atomic E-state index is -1.05. The van der Waals surface area contributed by atoms with Gasteiger partial charge in [-0.15, -0.1) is 0 Å². The van der Waals surface area contributed by atoms with Crippen LogP contribution in [-0.2, 0) is 9.53 Å². The van der Waals surface area contributed by atoms with Crippen molar-refractivity contribution in [3.8, 4) is 0 Å². The molecule has 5 heteroatoms. The number of methoxy groups -OCH3 is 1. The SMILES string of the molecule is CCCCC(C)(C)[C@H](O)/C=C/[C@@H]1[C@@H](C/C=C\CCCC(=O)OC)[C@@H](F)C[C@H]1O. The van der Waals surface area contributed by atoms with E-state index < -0.39 is 18.4 Å². The molecule has 0 aliphatic heterocycles. The number of hydrogen-bond donors (Lipinski definition) is 2. The van der Waals surface area contributed by atoms with E-state index in [1.165, 1.54) is 7.11 Å². The Hall–Kier alpha value is -1.20. The zero-order valence-corrected chi connectivity index (χ0v) is 17.9. The zero-order chi connectivity index (χ0) is 21.2. The van der Waals surface area contributed by atoms with Crippen molar-refractivity contribution < 1.29 is 24.1 Å². The molecule has 0 spiro atoms. The molecule has 0 aromatic heterocycles. The van der Waals surface area contributed by atoms with Crippen LogP contribution in [0.1, 0.15) is 72.1 Å². The minimum Gasteiger partial charge on any atom is -0.469 e. The molecule has 0 heterocycles. The second-order valence-corrected chi connectivity index (χ2v) is 8.66. The Labute approximate surface area is 169 Å². The Kier molecular flexibility index (Phi) is 11.0. The first kappa shape index (κ1) is 24.8. The number of esters is 1. The number of allylic oxidation sites excluding steroid dienone is 2. The standard InChI is InChI=1S/C23H39FO4/c1-5-6-15-23(2,3)21(26)14-13-18-17(19(24)16-20(18)25)11-9-7-8-10-12-22(27)28-4/h7,9,13-14,17-21,25-26H,5-6,8,10-12,15-16H2,1-4H3/b9-7-,14-13+/t17-,18-,19+,20-,21-/m1/s1. The predicted molar refractivity (Wildman–Crippen MR) is 111 cm³/mol. The van der Waals surface area contributed by atoms with Gasteiger partial charge in [-0.1, -0.05) is 57.9 Å². The van der Waals surface area contributed by atoms with Crippen LogP contribution in [0, 0.1) is 17.3 Å². The van der Waals surface area contributed by atoms with Crippen molar-refractivity contribution in [1.82, 2.24) is 0 Å². The van der Waals surface area contributed by atoms with E-state index in [0.29, 0.717) is 19.3 Å². The van der Waals surface area contributed by atoms with Crippen molar-refractivity contribution in [1.29, 1.82) is 0 Å². The van der Waals surface area contributed by atoms with E-state index >= 15 is 0 Å². The van der Waals surface area contributed by atoms with E-state index in [-0.39, 0.29) is 29.6 Å². The summed E-state index contributed by atoms with van der Waals surface area (Å²) in [6, 6.07) is 0. The molecule has 4 nitrogen and oxygen atoms in total. The van der Waals surface area contributed by atoms with E-state index in [9.17, 15) is 19.4 Å². The smallest absolute Gasteiger partial charge is 0.305 e. The molecule has 0 aromatic rings. The molecule has 0 unspecified atom stereocenters. The molecular formula is C23H39FO4. The lowest BCUT2D eigenvalue weighted by molar-refractivity contribution is -0.140. The number of aliphatic hydroxyl groups excluding tert-OH is 2. The van der Waals surface area contributed by atoms with Gasteiger partial charge in [0.05, 0.1) is 19.3 Å². The number of ether oxygens (including phenoxy) is 1. The number of halogens is 1. The highest BCUT2D eigenvalue weighted by Crippen LogP contribution is 2.39. The lowest BCUT2D eigenvalue weighted by atomic mass is 9.80. The molecule has 2 N–H and O–H groups in total. The molecule has 1 fully saturated rings. The molecule has 1 aliphatic carbocycles. The van der Waals surface area contributed by atoms with Gasteiger partial charge in [-0.05, 0) is 31.1 Å². The average Bonchev–Trinajstić information content (AvgIpc) is 2.93. The van der Waals surface area contributed by atoms with Gasteiger partial charge in [0, 0.05) is 24.7 Å². The molecule has 0 saturated heterocycles. The zero-order valence-electron chi connectivity index (χ0n) is 17.9. The number of aliphatic hydroxyl groups is 2. The van der Waals surface area contributed by atoms with Crippen LogP contribution >= 0.6 is 0 Å². The van der Waals surface area contributed by atoms with Gasteiger partial charge < -0.3 is 14.9 Å². The molecular weight excluding hydrogens is 359 g/mol. The van der Waals surface area contributed by atoms with Gasteiger partial charge in [-0.25, -0.2) is 4.39 Å². The molecule has 5 atom stereocenters. The topological polar surface area (TPSA) is 66.8 Å². The second-order valence-electron chi connectivity index (χ2n) is 8.66. The highest BCUT2D eigenvalue weighted by molar-refractivity contribution is 5.69. The van der Waals surface area contributed by atoms with Gasteiger partial charge >= 0.3 is 5.97 Å². The molecule has 28 heavy (non-hydrogen) atoms. The van der Waals surface area contributed by atoms with Crippen molar-refractivity contribution in [3.05, 3.63) is 24.3 Å². The van der Waals surface area contributed by atoms with Gasteiger partial charge in [-0.2, -0.15) is 0 Å². The van der Waals surface area contributed by atoms with Gasteiger partial charge in [0.1, 0.15) is 6.17 Å². The summed E-state index contributed by atoms with van der Waals surface area (Å²) in [6.45, 7) is 6.20. The number of rotatable bonds is 12. The van der Waals surface area contributed by atoms with Gasteiger partial charge in [0.15, 0.2) is 0 Å². The maximum Gasteiger partial charge on any atom is 0.305 e. The molecule has 0 aromatic carbocycles. The minimum absolute atomic E-state index is 0.144. The number of unbranched alkanes of at least 4 members (excludes halogenated alkanes) is 2. The normalized spacial score (nSPS) is 27.0. The highest BCUT2D eigenvalue weighted by Gasteiger charge is 2.41. The Bertz CT molecular complexity index is 515. The highest BCUT2D eigenvalue weighted by atomic mass is 19.1. The predicted octanol–water partition coefficient (Wildman–Crippen LogP) is 4.74. The number of carbonyl (C=O) groups excluding carboxylic acids is 1. The third kappa shape index (κ3) is 8.04. The van der Waals surface area contributed by atoms with Crippen molar-refractivity contribution in [3.63, 3.8) is 0 Å². The fourth-order valence-electron chi connectivity index (χ4n) is 3.78. The van der Waals surface area contributed by atoms with E-state index in [0.717, 1.165) is 25.7 Å². The van der Waals surface area contributed by atoms with Crippen LogP contribution in [0.3, 0.4) is 0 Å². The Morgan fingerprint density at radius 2 is 2.04 bits per heavy atom. The third-order valence-corrected chi connectivity index (χ3v) is 5.92. The van der Waals surface area contributed by atoms with Crippen molar-refractivity contribution in [2.45, 2.75) is 90.5 Å². The van der Waals surface area contributed by atoms with Crippen LogP contribution in [0.5, 0.6) is 0 Å². The number of hydrogen-bond acceptors (Lipinski definition) is 4. The monoisotopic (exact) mass is 398 g/mol. The molecule has 162 valence electrons. The van der Waals surface area contributed by atoms with Gasteiger partial charge in [-0.3, -0.25) is 4.79 Å². The lowest BCUT2D eigenvalue weighted by Gasteiger charge is -2.29. The maximum absolute atomic E-state index is 14.4. The second kappa shape index (κ2) is 12.4. The van der Waals surface area contributed by atoms with Crippen LogP contribution < -0.4 is 0 Å². The van der Waals surface area contributed by atoms with Crippen molar-refractivity contribution >= 4 is 5.97 Å². The van der Waals surface area contributed by atoms with Crippen LogP contribution in [-0.4, -0.2) is 41.7 Å². The summed E-state index contributed by atoms with van der Waals surface area (Å²) < 4.78 is 19.0. The van der Waals surface area contributed by atoms with Gasteiger partial charge in [0.2, 0.25) is 0 Å². The summed E-state index contributed by atoms with van der Waals surface area (Å²) in [6.07, 6.45) is 10.7. The molecule has 0 radical (unpaired) electrons. The summed E-state index contributed by atoms with van der Waals surface area (Å²) in [7, 11) is 1.38. The van der Waals surface area contributed by atoms with Crippen molar-refractivity contribution in [2.75, 3.05) is 7.11 Å². The quantitative estimate of drug-likeness (QED) is 0.283. The first-order chi connectivity index (χ1) is 13.2. The Morgan fingerprint density at radius 1 is 1.32 bits per heavy atom. The molecule has 1 saturated carbocycles. The van der Waals surface area contributed by atoms with E-state index in [4.69, 9.17) is 0 Å². The van der Waals surface area contributed by atoms with Crippen molar-refractivity contribution in [2.24, 2.45) is 17.3 Å². The largest absolute Gasteiger partial charge is 0.469 e. The van der Waals surface area contributed by atoms with E-state index in [2.05, 4.69) is 11.7 Å². The summed E-state index contributed by atoms with van der Waals surface area (Å²) in [5.74, 6) is -0.790. The summed E-state index contributed by atoms with van der Waals surface area (Å²) >= 11 is 0. The molecule has 1 aliphatic rings. The van der Waals surface area contributed by atoms with E-state index in [1.807, 2.05) is 32.1 Å². The van der Waals surface area contributed by atoms with Gasteiger partial charge in [0.25, 0.3) is 0 Å². The Balaban J connectivity index is 2.59. The van der Waals surface area contributed by atoms with Crippen LogP contribution in [0.15, 0.2) is 24.3 Å². The fraction of sp³-hybridized carbons (Fsp3) is 0.783. The Morgan fingerprint density at radius 3 is 2.68 bits per heavy atom. The molecule has 0 bridgehead atoms. The van der Waals surface area contributed by atoms with E-state index in [1.54, 1.807) is 6.08 Å². The van der Waals surface area contributed by atoms with Crippen LogP contribution in [0.4, 0.5) is 4.39 Å². The fourth-order valence-corrected chi connectivity index (χ4v) is 3.78. The lowest BCUT2D eigenvalue weighted by Crippen LogP contribution is -2.28. The number of carbonyl (C=O) groups is 1. The van der Waals surface area contributed by atoms with Crippen LogP contribution in [0.2, 0.25) is 0 Å². The first-order valence-electron chi connectivity index (χ1n) is 10.6. The average molecular weight is 399 g/mol.